The standard InChI is InChI=1S/C14H19FN2O2/c1-17-5-6-19-13(10-17)9-16-14(18)8-11-3-2-4-12(15)7-11/h2-4,7,13H,5-6,8-10H2,1H3,(H,16,18)/t13-/m0/s1. The number of morpholine rings is 1. The number of carbonyl (C=O) groups is 1. The van der Waals surface area contributed by atoms with Crippen molar-refractivity contribution in [1.82, 2.24) is 10.2 Å². The molecule has 1 amide bonds. The minimum absolute atomic E-state index is 0.0372. The van der Waals surface area contributed by atoms with Gasteiger partial charge in [0.1, 0.15) is 5.82 Å². The second kappa shape index (κ2) is 6.63. The number of halogens is 1. The molecular formula is C14H19FN2O2. The predicted octanol–water partition coefficient (Wildman–Crippen LogP) is 0.815. The molecule has 0 saturated carbocycles. The smallest absolute Gasteiger partial charge is 0.224 e. The van der Waals surface area contributed by atoms with Crippen LogP contribution in [0.1, 0.15) is 5.56 Å². The number of nitrogens with zero attached hydrogens (tertiary/aromatic N) is 1. The molecule has 4 nitrogen and oxygen atoms in total. The van der Waals surface area contributed by atoms with E-state index in [1.54, 1.807) is 12.1 Å². The highest BCUT2D eigenvalue weighted by Crippen LogP contribution is 2.05. The summed E-state index contributed by atoms with van der Waals surface area (Å²) in [4.78, 5) is 13.9. The monoisotopic (exact) mass is 266 g/mol. The number of benzene rings is 1. The van der Waals surface area contributed by atoms with Crippen LogP contribution in [0.5, 0.6) is 0 Å². The van der Waals surface area contributed by atoms with E-state index in [0.29, 0.717) is 18.7 Å². The first kappa shape index (κ1) is 14.0. The number of amides is 1. The normalized spacial score (nSPS) is 20.2. The Kier molecular flexibility index (Phi) is 4.87. The summed E-state index contributed by atoms with van der Waals surface area (Å²) in [6, 6.07) is 6.10. The van der Waals surface area contributed by atoms with Crippen LogP contribution < -0.4 is 5.32 Å². The molecule has 104 valence electrons. The van der Waals surface area contributed by atoms with Gasteiger partial charge in [-0.15, -0.1) is 0 Å². The highest BCUT2D eigenvalue weighted by Gasteiger charge is 2.18. The van der Waals surface area contributed by atoms with Crippen molar-refractivity contribution >= 4 is 5.91 Å². The minimum Gasteiger partial charge on any atom is -0.374 e. The molecule has 0 aliphatic carbocycles. The maximum absolute atomic E-state index is 13.0. The maximum Gasteiger partial charge on any atom is 0.224 e. The largest absolute Gasteiger partial charge is 0.374 e. The lowest BCUT2D eigenvalue weighted by Crippen LogP contribution is -2.46. The first-order valence-electron chi connectivity index (χ1n) is 6.45. The van der Waals surface area contributed by atoms with Crippen LogP contribution in [0.25, 0.3) is 0 Å². The zero-order valence-electron chi connectivity index (χ0n) is 11.1. The van der Waals surface area contributed by atoms with Crippen LogP contribution in [0, 0.1) is 5.82 Å². The van der Waals surface area contributed by atoms with Gasteiger partial charge in [-0.05, 0) is 24.7 Å². The van der Waals surface area contributed by atoms with Gasteiger partial charge in [0.05, 0.1) is 19.1 Å². The van der Waals surface area contributed by atoms with E-state index < -0.39 is 0 Å². The molecule has 1 atom stereocenters. The average Bonchev–Trinajstić information content (AvgIpc) is 2.36. The van der Waals surface area contributed by atoms with Crippen LogP contribution >= 0.6 is 0 Å². The molecule has 1 aliphatic rings. The molecule has 1 N–H and O–H groups in total. The van der Waals surface area contributed by atoms with E-state index in [9.17, 15) is 9.18 Å². The number of likely N-dealkylation sites (N-methyl/N-ethyl adjacent to an activating group) is 1. The molecule has 19 heavy (non-hydrogen) atoms. The fourth-order valence-electron chi connectivity index (χ4n) is 2.11. The Labute approximate surface area is 112 Å². The Morgan fingerprint density at radius 1 is 1.58 bits per heavy atom. The van der Waals surface area contributed by atoms with E-state index in [4.69, 9.17) is 4.74 Å². The Balaban J connectivity index is 1.75. The van der Waals surface area contributed by atoms with Crippen LogP contribution in [0.3, 0.4) is 0 Å². The van der Waals surface area contributed by atoms with Gasteiger partial charge in [-0.25, -0.2) is 4.39 Å². The van der Waals surface area contributed by atoms with Gasteiger partial charge < -0.3 is 15.0 Å². The summed E-state index contributed by atoms with van der Waals surface area (Å²) in [5.74, 6) is -0.426. The van der Waals surface area contributed by atoms with E-state index in [2.05, 4.69) is 10.2 Å². The lowest BCUT2D eigenvalue weighted by atomic mass is 10.1. The van der Waals surface area contributed by atoms with E-state index >= 15 is 0 Å². The van der Waals surface area contributed by atoms with Crippen LogP contribution in [0.2, 0.25) is 0 Å². The van der Waals surface area contributed by atoms with E-state index in [0.717, 1.165) is 13.1 Å². The summed E-state index contributed by atoms with van der Waals surface area (Å²) >= 11 is 0. The molecule has 0 spiro atoms. The lowest BCUT2D eigenvalue weighted by Gasteiger charge is -2.30. The number of carbonyl (C=O) groups excluding carboxylic acids is 1. The summed E-state index contributed by atoms with van der Waals surface area (Å²) in [7, 11) is 2.03. The molecule has 2 rings (SSSR count). The third-order valence-corrected chi connectivity index (χ3v) is 3.12. The van der Waals surface area contributed by atoms with Crippen LogP contribution in [0.4, 0.5) is 4.39 Å². The molecule has 0 bridgehead atoms. The third kappa shape index (κ3) is 4.61. The summed E-state index contributed by atoms with van der Waals surface area (Å²) in [6.45, 7) is 2.94. The zero-order valence-corrected chi connectivity index (χ0v) is 11.1. The Bertz CT molecular complexity index is 439. The fraction of sp³-hybridized carbons (Fsp3) is 0.500. The van der Waals surface area contributed by atoms with Gasteiger partial charge in [-0.3, -0.25) is 4.79 Å². The van der Waals surface area contributed by atoms with Gasteiger partial charge in [-0.2, -0.15) is 0 Å². The SMILES string of the molecule is CN1CCO[C@@H](CNC(=O)Cc2cccc(F)c2)C1. The van der Waals surface area contributed by atoms with Crippen LogP contribution in [-0.4, -0.2) is 50.2 Å². The molecule has 1 fully saturated rings. The summed E-state index contributed by atoms with van der Waals surface area (Å²) in [6.07, 6.45) is 0.232. The first-order valence-corrected chi connectivity index (χ1v) is 6.45. The van der Waals surface area contributed by atoms with Crippen molar-refractivity contribution in [3.63, 3.8) is 0 Å². The molecule has 0 radical (unpaired) electrons. The number of hydrogen-bond acceptors (Lipinski definition) is 3. The summed E-state index contributed by atoms with van der Waals surface area (Å²) < 4.78 is 18.5. The summed E-state index contributed by atoms with van der Waals surface area (Å²) in [5, 5.41) is 2.83. The van der Waals surface area contributed by atoms with Crippen molar-refractivity contribution in [2.24, 2.45) is 0 Å². The molecule has 0 aromatic heterocycles. The van der Waals surface area contributed by atoms with Crippen molar-refractivity contribution in [2.45, 2.75) is 12.5 Å². The molecule has 1 aromatic carbocycles. The van der Waals surface area contributed by atoms with Crippen molar-refractivity contribution in [3.8, 4) is 0 Å². The van der Waals surface area contributed by atoms with Crippen molar-refractivity contribution < 1.29 is 13.9 Å². The summed E-state index contributed by atoms with van der Waals surface area (Å²) in [5.41, 5.74) is 0.680. The molecule has 1 aromatic rings. The van der Waals surface area contributed by atoms with Gasteiger partial charge in [-0.1, -0.05) is 12.1 Å². The van der Waals surface area contributed by atoms with Gasteiger partial charge in [0, 0.05) is 19.6 Å². The van der Waals surface area contributed by atoms with Gasteiger partial charge in [0.2, 0.25) is 5.91 Å². The molecule has 5 heteroatoms. The fourth-order valence-corrected chi connectivity index (χ4v) is 2.11. The van der Waals surface area contributed by atoms with Gasteiger partial charge in [0.25, 0.3) is 0 Å². The van der Waals surface area contributed by atoms with Gasteiger partial charge in [0.15, 0.2) is 0 Å². The predicted molar refractivity (Wildman–Crippen MR) is 70.4 cm³/mol. The van der Waals surface area contributed by atoms with E-state index in [-0.39, 0.29) is 24.2 Å². The van der Waals surface area contributed by atoms with Gasteiger partial charge >= 0.3 is 0 Å². The van der Waals surface area contributed by atoms with Crippen LogP contribution in [-0.2, 0) is 16.0 Å². The number of rotatable bonds is 4. The highest BCUT2D eigenvalue weighted by atomic mass is 19.1. The van der Waals surface area contributed by atoms with Crippen molar-refractivity contribution in [2.75, 3.05) is 33.3 Å². The van der Waals surface area contributed by atoms with Crippen molar-refractivity contribution in [1.29, 1.82) is 0 Å². The van der Waals surface area contributed by atoms with Crippen molar-refractivity contribution in [3.05, 3.63) is 35.6 Å². The lowest BCUT2D eigenvalue weighted by molar-refractivity contribution is -0.121. The second-order valence-electron chi connectivity index (χ2n) is 4.87. The molecular weight excluding hydrogens is 247 g/mol. The van der Waals surface area contributed by atoms with Crippen LogP contribution in [0.15, 0.2) is 24.3 Å². The Hall–Kier alpha value is -1.46. The molecule has 0 unspecified atom stereocenters. The molecule has 1 aliphatic heterocycles. The molecule has 1 heterocycles. The highest BCUT2D eigenvalue weighted by molar-refractivity contribution is 5.78. The number of hydrogen-bond donors (Lipinski definition) is 1. The number of nitrogens with one attached hydrogen (secondary N) is 1. The van der Waals surface area contributed by atoms with E-state index in [1.165, 1.54) is 12.1 Å². The number of ether oxygens (including phenoxy) is 1. The minimum atomic E-state index is -0.317. The Morgan fingerprint density at radius 2 is 2.42 bits per heavy atom. The first-order chi connectivity index (χ1) is 9.13. The topological polar surface area (TPSA) is 41.6 Å². The Morgan fingerprint density at radius 3 is 3.16 bits per heavy atom. The second-order valence-corrected chi connectivity index (χ2v) is 4.87. The zero-order chi connectivity index (χ0) is 13.7. The molecule has 1 saturated heterocycles. The van der Waals surface area contributed by atoms with E-state index in [1.807, 2.05) is 7.05 Å². The maximum atomic E-state index is 13.0. The quantitative estimate of drug-likeness (QED) is 0.877. The third-order valence-electron chi connectivity index (χ3n) is 3.12. The average molecular weight is 266 g/mol.